The Hall–Kier alpha value is -3.02. The second kappa shape index (κ2) is 9.46. The third-order valence-electron chi connectivity index (χ3n) is 5.96. The Morgan fingerprint density at radius 3 is 2.97 bits per heavy atom. The molecule has 10 nitrogen and oxygen atoms in total. The molecule has 174 valence electrons. The molecule has 11 heteroatoms. The molecule has 2 saturated heterocycles. The topological polar surface area (TPSA) is 124 Å². The quantitative estimate of drug-likeness (QED) is 0.439. The minimum Gasteiger partial charge on any atom is -0.365 e. The smallest absolute Gasteiger partial charge is 0.264 e. The molecule has 2 atom stereocenters. The summed E-state index contributed by atoms with van der Waals surface area (Å²) in [5.74, 6) is 0.748. The average Bonchev–Trinajstić information content (AvgIpc) is 3.27. The van der Waals surface area contributed by atoms with Gasteiger partial charge in [0, 0.05) is 26.2 Å². The Bertz CT molecular complexity index is 1170. The second-order valence-corrected chi connectivity index (χ2v) is 9.24. The maximum atomic E-state index is 13.4. The van der Waals surface area contributed by atoms with Crippen LogP contribution in [0.5, 0.6) is 0 Å². The van der Waals surface area contributed by atoms with Crippen molar-refractivity contribution in [2.24, 2.45) is 0 Å². The van der Waals surface area contributed by atoms with E-state index in [1.165, 1.54) is 11.3 Å². The van der Waals surface area contributed by atoms with Crippen LogP contribution >= 0.6 is 11.3 Å². The summed E-state index contributed by atoms with van der Waals surface area (Å²) in [4.78, 5) is 39.8. The van der Waals surface area contributed by atoms with Gasteiger partial charge in [-0.15, -0.1) is 11.3 Å². The number of aromatic nitrogens is 3. The van der Waals surface area contributed by atoms with E-state index >= 15 is 0 Å². The number of hydrogen-bond acceptors (Lipinski definition) is 9. The lowest BCUT2D eigenvalue weighted by Gasteiger charge is -2.32. The number of amides is 1. The van der Waals surface area contributed by atoms with Gasteiger partial charge in [0.1, 0.15) is 16.4 Å². The number of hydrogen-bond donors (Lipinski definition) is 4. The van der Waals surface area contributed by atoms with Gasteiger partial charge in [-0.2, -0.15) is 4.98 Å². The number of ether oxygens (including phenoxy) is 1. The van der Waals surface area contributed by atoms with Crippen LogP contribution in [0.1, 0.15) is 12.8 Å². The third kappa shape index (κ3) is 4.56. The minimum absolute atomic E-state index is 0.164. The van der Waals surface area contributed by atoms with Gasteiger partial charge in [-0.3, -0.25) is 14.6 Å². The van der Waals surface area contributed by atoms with Gasteiger partial charge in [-0.25, -0.2) is 4.98 Å². The van der Waals surface area contributed by atoms with Crippen LogP contribution < -0.4 is 26.4 Å². The zero-order chi connectivity index (χ0) is 22.8. The van der Waals surface area contributed by atoms with E-state index in [1.54, 1.807) is 7.05 Å². The van der Waals surface area contributed by atoms with Crippen molar-refractivity contribution in [2.45, 2.75) is 25.0 Å². The third-order valence-corrected chi connectivity index (χ3v) is 7.01. The average molecular weight is 470 g/mol. The molecule has 0 radical (unpaired) electrons. The minimum atomic E-state index is -0.614. The number of anilines is 2. The van der Waals surface area contributed by atoms with Crippen LogP contribution in [0.2, 0.25) is 0 Å². The van der Waals surface area contributed by atoms with Crippen molar-refractivity contribution in [3.8, 4) is 10.6 Å². The summed E-state index contributed by atoms with van der Waals surface area (Å²) in [5, 5.41) is 10.1. The molecule has 4 N–H and O–H groups in total. The molecule has 1 unspecified atom stereocenters. The number of rotatable bonds is 5. The highest BCUT2D eigenvalue weighted by Gasteiger charge is 2.29. The molecule has 2 fully saturated rings. The van der Waals surface area contributed by atoms with Crippen LogP contribution in [0.4, 0.5) is 11.8 Å². The maximum Gasteiger partial charge on any atom is 0.264 e. The molecule has 2 aliphatic rings. The number of nitrogens with one attached hydrogen (secondary N) is 4. The Morgan fingerprint density at radius 1 is 1.30 bits per heavy atom. The van der Waals surface area contributed by atoms with Crippen LogP contribution in [0, 0.1) is 0 Å². The molecule has 0 aliphatic carbocycles. The van der Waals surface area contributed by atoms with Gasteiger partial charge in [-0.1, -0.05) is 12.1 Å². The molecule has 5 rings (SSSR count). The fraction of sp³-hybridized carbons (Fsp3) is 0.455. The van der Waals surface area contributed by atoms with Crippen LogP contribution in [0.15, 0.2) is 29.1 Å². The molecule has 0 spiro atoms. The summed E-state index contributed by atoms with van der Waals surface area (Å²) in [6.45, 7) is 3.01. The molecule has 3 aromatic rings. The number of piperidine rings is 1. The Balaban J connectivity index is 1.54. The molecule has 2 aliphatic heterocycles. The molecule has 1 aromatic carbocycles. The first-order valence-corrected chi connectivity index (χ1v) is 12.0. The Labute approximate surface area is 194 Å². The highest BCUT2D eigenvalue weighted by Crippen LogP contribution is 2.32. The van der Waals surface area contributed by atoms with Gasteiger partial charge in [-0.05, 0) is 31.5 Å². The Morgan fingerprint density at radius 2 is 2.18 bits per heavy atom. The highest BCUT2D eigenvalue weighted by molar-refractivity contribution is 7.21. The number of fused-ring (bicyclic) bond motifs is 1. The van der Waals surface area contributed by atoms with E-state index < -0.39 is 6.10 Å². The van der Waals surface area contributed by atoms with E-state index in [0.717, 1.165) is 36.1 Å². The van der Waals surface area contributed by atoms with Crippen molar-refractivity contribution in [3.05, 3.63) is 34.6 Å². The van der Waals surface area contributed by atoms with Crippen LogP contribution in [0.25, 0.3) is 20.8 Å². The number of H-pyrrole nitrogens is 1. The maximum absolute atomic E-state index is 13.4. The number of morpholine rings is 1. The van der Waals surface area contributed by atoms with Crippen molar-refractivity contribution in [1.29, 1.82) is 0 Å². The van der Waals surface area contributed by atoms with Crippen molar-refractivity contribution in [1.82, 2.24) is 25.6 Å². The number of nitrogens with zero attached hydrogens (tertiary/aromatic N) is 3. The molecular weight excluding hydrogens is 442 g/mol. The van der Waals surface area contributed by atoms with Crippen LogP contribution in [-0.2, 0) is 9.53 Å². The van der Waals surface area contributed by atoms with Crippen molar-refractivity contribution >= 4 is 39.2 Å². The zero-order valence-corrected chi connectivity index (χ0v) is 19.2. The Kier molecular flexibility index (Phi) is 6.25. The summed E-state index contributed by atoms with van der Waals surface area (Å²) >= 11 is 1.48. The lowest BCUT2D eigenvalue weighted by molar-refractivity contribution is -0.132. The first kappa shape index (κ1) is 21.8. The van der Waals surface area contributed by atoms with Gasteiger partial charge in [0.15, 0.2) is 6.10 Å². The summed E-state index contributed by atoms with van der Waals surface area (Å²) in [7, 11) is 1.58. The van der Waals surface area contributed by atoms with Gasteiger partial charge >= 0.3 is 0 Å². The van der Waals surface area contributed by atoms with E-state index in [0.29, 0.717) is 42.0 Å². The van der Waals surface area contributed by atoms with E-state index in [9.17, 15) is 9.59 Å². The monoisotopic (exact) mass is 469 g/mol. The number of carbonyl (C=O) groups excluding carboxylic acids is 1. The van der Waals surface area contributed by atoms with E-state index in [1.807, 2.05) is 29.2 Å². The SMILES string of the molecule is CNC(=O)C1CN(c2nc(N[C@@H]3CCCNC3)c(-c3nc4ccccc4s3)c(=O)[nH]2)CCO1. The van der Waals surface area contributed by atoms with Crippen molar-refractivity contribution in [3.63, 3.8) is 0 Å². The van der Waals surface area contributed by atoms with E-state index in [4.69, 9.17) is 14.7 Å². The first-order valence-electron chi connectivity index (χ1n) is 11.2. The number of benzene rings is 1. The highest BCUT2D eigenvalue weighted by atomic mass is 32.1. The molecule has 2 aromatic heterocycles. The molecule has 4 heterocycles. The summed E-state index contributed by atoms with van der Waals surface area (Å²) in [5.41, 5.74) is 1.04. The van der Waals surface area contributed by atoms with Gasteiger partial charge < -0.3 is 25.6 Å². The number of thiazole rings is 1. The molecular formula is C22H27N7O3S. The number of aromatic amines is 1. The first-order chi connectivity index (χ1) is 16.1. The lowest BCUT2D eigenvalue weighted by atomic mass is 10.1. The fourth-order valence-corrected chi connectivity index (χ4v) is 5.23. The van der Waals surface area contributed by atoms with Crippen LogP contribution in [-0.4, -0.2) is 72.8 Å². The van der Waals surface area contributed by atoms with Crippen LogP contribution in [0.3, 0.4) is 0 Å². The van der Waals surface area contributed by atoms with Crippen molar-refractivity contribution in [2.75, 3.05) is 50.1 Å². The van der Waals surface area contributed by atoms with Gasteiger partial charge in [0.05, 0.1) is 23.4 Å². The normalized spacial score (nSPS) is 21.2. The van der Waals surface area contributed by atoms with E-state index in [2.05, 4.69) is 20.9 Å². The molecule has 0 bridgehead atoms. The number of carbonyl (C=O) groups is 1. The van der Waals surface area contributed by atoms with Gasteiger partial charge in [0.2, 0.25) is 5.95 Å². The summed E-state index contributed by atoms with van der Waals surface area (Å²) in [6, 6.07) is 8.00. The standard InChI is InChI=1S/C22H27N7O3S/c1-23-19(30)15-12-29(9-10-32-15)22-27-18(25-13-5-4-8-24-11-13)17(20(31)28-22)21-26-14-6-2-3-7-16(14)33-21/h2-3,6-7,13,15,24H,4-5,8-12H2,1H3,(H,23,30)(H2,25,27,28,31)/t13-,15?/m1/s1. The second-order valence-electron chi connectivity index (χ2n) is 8.21. The molecule has 33 heavy (non-hydrogen) atoms. The number of para-hydroxylation sites is 1. The summed E-state index contributed by atoms with van der Waals surface area (Å²) in [6.07, 6.45) is 1.44. The molecule has 1 amide bonds. The van der Waals surface area contributed by atoms with Gasteiger partial charge in [0.25, 0.3) is 11.5 Å². The van der Waals surface area contributed by atoms with E-state index in [-0.39, 0.29) is 17.5 Å². The summed E-state index contributed by atoms with van der Waals surface area (Å²) < 4.78 is 6.60. The zero-order valence-electron chi connectivity index (χ0n) is 18.4. The fourth-order valence-electron chi connectivity index (χ4n) is 4.22. The largest absolute Gasteiger partial charge is 0.365 e. The number of likely N-dealkylation sites (N-methyl/N-ethyl adjacent to an activating group) is 1. The molecule has 0 saturated carbocycles. The van der Waals surface area contributed by atoms with Crippen molar-refractivity contribution < 1.29 is 9.53 Å². The predicted molar refractivity (Wildman–Crippen MR) is 129 cm³/mol. The lowest BCUT2D eigenvalue weighted by Crippen LogP contribution is -2.50. The predicted octanol–water partition coefficient (Wildman–Crippen LogP) is 1.16.